The number of para-hydroxylation sites is 1. The third-order valence-electron chi connectivity index (χ3n) is 3.20. The second-order valence-electron chi connectivity index (χ2n) is 4.94. The zero-order valence-corrected chi connectivity index (χ0v) is 14.6. The normalized spacial score (nSPS) is 10.1. The smallest absolute Gasteiger partial charge is 0.275 e. The molecule has 3 aromatic rings. The summed E-state index contributed by atoms with van der Waals surface area (Å²) in [4.78, 5) is 12.0. The first-order chi connectivity index (χ1) is 12.6. The summed E-state index contributed by atoms with van der Waals surface area (Å²) < 4.78 is 0. The van der Waals surface area contributed by atoms with Gasteiger partial charge in [-0.05, 0) is 36.4 Å². The summed E-state index contributed by atoms with van der Waals surface area (Å²) in [6, 6.07) is 13.7. The fourth-order valence-corrected chi connectivity index (χ4v) is 2.45. The number of nitrogens with one attached hydrogen (secondary N) is 2. The van der Waals surface area contributed by atoms with Crippen molar-refractivity contribution in [3.05, 3.63) is 64.4 Å². The largest absolute Gasteiger partial charge is 0.324 e. The molecule has 0 unspecified atom stereocenters. The van der Waals surface area contributed by atoms with E-state index < -0.39 is 0 Å². The van der Waals surface area contributed by atoms with Crippen molar-refractivity contribution in [1.29, 1.82) is 5.26 Å². The van der Waals surface area contributed by atoms with Crippen LogP contribution in [0.3, 0.4) is 0 Å². The van der Waals surface area contributed by atoms with Crippen LogP contribution < -0.4 is 15.9 Å². The zero-order valence-electron chi connectivity index (χ0n) is 13.1. The molecule has 10 heteroatoms. The molecule has 0 spiro atoms. The highest BCUT2D eigenvalue weighted by Crippen LogP contribution is 2.30. The number of rotatable bonds is 5. The van der Waals surface area contributed by atoms with Crippen LogP contribution in [0.5, 0.6) is 0 Å². The minimum atomic E-state index is -0.0767. The summed E-state index contributed by atoms with van der Waals surface area (Å²) >= 11 is 12.1. The first-order valence-electron chi connectivity index (χ1n) is 7.22. The van der Waals surface area contributed by atoms with Gasteiger partial charge in [0, 0.05) is 5.69 Å². The van der Waals surface area contributed by atoms with E-state index in [4.69, 9.17) is 28.5 Å². The molecule has 0 amide bonds. The lowest BCUT2D eigenvalue weighted by atomic mass is 10.2. The molecular formula is C16H11Cl2N7O. The molecular weight excluding hydrogens is 377 g/mol. The Hall–Kier alpha value is -3.12. The molecule has 1 aromatic heterocycles. The molecule has 0 aliphatic carbocycles. The summed E-state index contributed by atoms with van der Waals surface area (Å²) in [6.45, 7) is 0. The van der Waals surface area contributed by atoms with E-state index in [9.17, 15) is 5.21 Å². The van der Waals surface area contributed by atoms with E-state index in [1.807, 2.05) is 6.07 Å². The lowest BCUT2D eigenvalue weighted by Crippen LogP contribution is -2.28. The number of aromatic nitrogens is 3. The molecule has 0 aliphatic heterocycles. The molecule has 0 bridgehead atoms. The molecule has 3 rings (SSSR count). The number of anilines is 4. The van der Waals surface area contributed by atoms with Gasteiger partial charge >= 0.3 is 0 Å². The van der Waals surface area contributed by atoms with Crippen molar-refractivity contribution in [3.63, 3.8) is 0 Å². The fourth-order valence-electron chi connectivity index (χ4n) is 1.97. The number of benzene rings is 2. The lowest BCUT2D eigenvalue weighted by Gasteiger charge is -2.18. The number of hydrogen-bond donors (Lipinski definition) is 3. The minimum absolute atomic E-state index is 0.0767. The predicted octanol–water partition coefficient (Wildman–Crippen LogP) is 4.02. The summed E-state index contributed by atoms with van der Waals surface area (Å²) in [5, 5.41) is 23.2. The van der Waals surface area contributed by atoms with E-state index >= 15 is 0 Å². The Morgan fingerprint density at radius 1 is 1.04 bits per heavy atom. The average Bonchev–Trinajstić information content (AvgIpc) is 2.65. The van der Waals surface area contributed by atoms with Crippen molar-refractivity contribution in [2.75, 3.05) is 15.9 Å². The van der Waals surface area contributed by atoms with Gasteiger partial charge in [-0.1, -0.05) is 29.3 Å². The Morgan fingerprint density at radius 3 is 2.38 bits per heavy atom. The Kier molecular flexibility index (Phi) is 5.34. The highest BCUT2D eigenvalue weighted by molar-refractivity contribution is 6.39. The number of hydrazine groups is 1. The van der Waals surface area contributed by atoms with Crippen LogP contribution in [0.4, 0.5) is 23.3 Å². The van der Waals surface area contributed by atoms with Gasteiger partial charge in [0.15, 0.2) is 0 Å². The SMILES string of the molecule is N#Cc1ccc(Nc2ncnc(N(O)Nc3c(Cl)cccc3Cl)n2)cc1. The Labute approximate surface area is 158 Å². The van der Waals surface area contributed by atoms with Gasteiger partial charge in [0.1, 0.15) is 6.33 Å². The molecule has 0 saturated carbocycles. The summed E-state index contributed by atoms with van der Waals surface area (Å²) in [6.07, 6.45) is 1.23. The highest BCUT2D eigenvalue weighted by Gasteiger charge is 2.13. The molecule has 1 heterocycles. The van der Waals surface area contributed by atoms with Crippen molar-refractivity contribution < 1.29 is 5.21 Å². The Bertz CT molecular complexity index is 939. The quantitative estimate of drug-likeness (QED) is 0.563. The first kappa shape index (κ1) is 17.7. The monoisotopic (exact) mass is 387 g/mol. The van der Waals surface area contributed by atoms with Crippen molar-refractivity contribution in [2.24, 2.45) is 0 Å². The fraction of sp³-hybridized carbons (Fsp3) is 0. The first-order valence-corrected chi connectivity index (χ1v) is 7.98. The van der Waals surface area contributed by atoms with Gasteiger partial charge in [-0.2, -0.15) is 15.2 Å². The van der Waals surface area contributed by atoms with Crippen molar-refractivity contribution in [3.8, 4) is 6.07 Å². The van der Waals surface area contributed by atoms with Gasteiger partial charge in [-0.25, -0.2) is 4.98 Å². The molecule has 0 fully saturated rings. The van der Waals surface area contributed by atoms with Crippen molar-refractivity contribution in [2.45, 2.75) is 0 Å². The molecule has 0 radical (unpaired) electrons. The van der Waals surface area contributed by atoms with Crippen LogP contribution in [0.15, 0.2) is 48.8 Å². The molecule has 130 valence electrons. The van der Waals surface area contributed by atoms with Crippen molar-refractivity contribution >= 4 is 46.5 Å². The van der Waals surface area contributed by atoms with Crippen LogP contribution in [0.1, 0.15) is 5.56 Å². The summed E-state index contributed by atoms with van der Waals surface area (Å²) in [5.41, 5.74) is 4.13. The molecule has 8 nitrogen and oxygen atoms in total. The number of hydrogen-bond acceptors (Lipinski definition) is 8. The van der Waals surface area contributed by atoms with E-state index in [-0.39, 0.29) is 11.9 Å². The third-order valence-corrected chi connectivity index (χ3v) is 3.83. The number of nitriles is 1. The van der Waals surface area contributed by atoms with Crippen LogP contribution >= 0.6 is 23.2 Å². The highest BCUT2D eigenvalue weighted by atomic mass is 35.5. The maximum Gasteiger partial charge on any atom is 0.275 e. The molecule has 0 atom stereocenters. The second kappa shape index (κ2) is 7.84. The maximum atomic E-state index is 10.2. The van der Waals surface area contributed by atoms with Crippen LogP contribution in [-0.2, 0) is 0 Å². The number of halogens is 2. The predicted molar refractivity (Wildman–Crippen MR) is 98.6 cm³/mol. The third kappa shape index (κ3) is 4.10. The Balaban J connectivity index is 1.76. The van der Waals surface area contributed by atoms with Gasteiger partial charge in [0.2, 0.25) is 5.95 Å². The van der Waals surface area contributed by atoms with E-state index in [0.29, 0.717) is 32.2 Å². The second-order valence-corrected chi connectivity index (χ2v) is 5.76. The van der Waals surface area contributed by atoms with Crippen LogP contribution in [0.25, 0.3) is 0 Å². The molecule has 0 saturated heterocycles. The van der Waals surface area contributed by atoms with E-state index in [1.165, 1.54) is 6.33 Å². The summed E-state index contributed by atoms with van der Waals surface area (Å²) in [7, 11) is 0. The van der Waals surface area contributed by atoms with Gasteiger partial charge in [0.05, 0.1) is 27.4 Å². The summed E-state index contributed by atoms with van der Waals surface area (Å²) in [5.74, 6) is 0.123. The molecule has 26 heavy (non-hydrogen) atoms. The van der Waals surface area contributed by atoms with Gasteiger partial charge in [0.25, 0.3) is 5.95 Å². The molecule has 3 N–H and O–H groups in total. The van der Waals surface area contributed by atoms with Crippen LogP contribution in [-0.4, -0.2) is 20.2 Å². The minimum Gasteiger partial charge on any atom is -0.324 e. The average molecular weight is 388 g/mol. The Morgan fingerprint density at radius 2 is 1.73 bits per heavy atom. The van der Waals surface area contributed by atoms with Gasteiger partial charge < -0.3 is 5.32 Å². The van der Waals surface area contributed by atoms with Crippen LogP contribution in [0.2, 0.25) is 10.0 Å². The van der Waals surface area contributed by atoms with Crippen molar-refractivity contribution in [1.82, 2.24) is 15.0 Å². The molecule has 2 aromatic carbocycles. The van der Waals surface area contributed by atoms with Crippen LogP contribution in [0, 0.1) is 11.3 Å². The van der Waals surface area contributed by atoms with E-state index in [0.717, 1.165) is 0 Å². The lowest BCUT2D eigenvalue weighted by molar-refractivity contribution is 0.270. The van der Waals surface area contributed by atoms with E-state index in [1.54, 1.807) is 42.5 Å². The van der Waals surface area contributed by atoms with Gasteiger partial charge in [-0.15, -0.1) is 5.17 Å². The zero-order chi connectivity index (χ0) is 18.5. The topological polar surface area (TPSA) is 110 Å². The van der Waals surface area contributed by atoms with Gasteiger partial charge in [-0.3, -0.25) is 10.6 Å². The number of nitrogens with zero attached hydrogens (tertiary/aromatic N) is 5. The standard InChI is InChI=1S/C16H11Cl2N7O/c17-12-2-1-3-13(18)14(12)24-25(26)16-21-9-20-15(23-16)22-11-6-4-10(8-19)5-7-11/h1-7,9,24,26H,(H,20,21,22,23). The van der Waals surface area contributed by atoms with E-state index in [2.05, 4.69) is 25.7 Å². The molecule has 0 aliphatic rings. The maximum absolute atomic E-state index is 10.2.